The molecule has 43 heavy (non-hydrogen) atoms. The summed E-state index contributed by atoms with van der Waals surface area (Å²) in [7, 11) is 0. The molecule has 0 bridgehead atoms. The second-order valence-corrected chi connectivity index (χ2v) is 10.3. The number of hydrogen-bond donors (Lipinski definition) is 4. The van der Waals surface area contributed by atoms with Gasteiger partial charge in [-0.2, -0.15) is 8.78 Å². The molecule has 6 rings (SSSR count). The number of carbonyl (C=O) groups is 1. The van der Waals surface area contributed by atoms with Gasteiger partial charge in [-0.05, 0) is 74.7 Å². The maximum atomic E-state index is 14.0. The summed E-state index contributed by atoms with van der Waals surface area (Å²) >= 11 is 0. The Morgan fingerprint density at radius 2 is 1.86 bits per heavy atom. The number of nitrogens with zero attached hydrogens (tertiary/aromatic N) is 2. The first-order valence-electron chi connectivity index (χ1n) is 13.5. The SMILES string of the molecule is Cc1cc(Oc2c(F)cccc2F)ncc1-[n+]1[nH]cc(C(=O)c2cc3cc(OC(F)F)c(C4CCNCC4)cc3[nH]2)c1N. The molecule has 1 fully saturated rings. The molecule has 9 nitrogen and oxygen atoms in total. The lowest BCUT2D eigenvalue weighted by atomic mass is 9.89. The molecule has 0 unspecified atom stereocenters. The lowest BCUT2D eigenvalue weighted by molar-refractivity contribution is -0.641. The molecular weight excluding hydrogens is 568 g/mol. The number of aryl methyl sites for hydroxylation is 1. The number of aromatic nitrogens is 4. The van der Waals surface area contributed by atoms with E-state index in [2.05, 4.69) is 20.4 Å². The number of ketones is 1. The standard InChI is InChI=1S/C30H26F4N6O3/c1-15-9-26(43-28-20(31)3-2-4-21(28)32)37-14-24(15)40-29(35)19(13-38-40)27(41)23-10-17-11-25(42-30(33)34)18(12-22(17)39-23)16-5-7-36-8-6-16/h2-4,9-14,16,30,36H,5-8H2,1H3,(H3,35,38,39,41)/p+1. The van der Waals surface area contributed by atoms with Crippen molar-refractivity contribution in [2.24, 2.45) is 0 Å². The van der Waals surface area contributed by atoms with Crippen LogP contribution in [0.25, 0.3) is 16.6 Å². The van der Waals surface area contributed by atoms with Gasteiger partial charge in [0.05, 0.1) is 18.1 Å². The number of ether oxygens (including phenoxy) is 2. The topological polar surface area (TPSA) is 122 Å². The quantitative estimate of drug-likeness (QED) is 0.108. The van der Waals surface area contributed by atoms with Gasteiger partial charge in [-0.3, -0.25) is 10.5 Å². The highest BCUT2D eigenvalue weighted by molar-refractivity contribution is 6.12. The minimum atomic E-state index is -2.98. The van der Waals surface area contributed by atoms with E-state index in [4.69, 9.17) is 15.2 Å². The number of halogens is 4. The van der Waals surface area contributed by atoms with E-state index in [1.54, 1.807) is 19.1 Å². The number of piperidine rings is 1. The van der Waals surface area contributed by atoms with E-state index in [9.17, 15) is 22.4 Å². The zero-order chi connectivity index (χ0) is 30.2. The fraction of sp³-hybridized carbons (Fsp3) is 0.233. The molecule has 1 aliphatic rings. The average molecular weight is 596 g/mol. The fourth-order valence-electron chi connectivity index (χ4n) is 5.37. The van der Waals surface area contributed by atoms with Crippen molar-refractivity contribution in [2.45, 2.75) is 32.3 Å². The molecule has 4 heterocycles. The van der Waals surface area contributed by atoms with Crippen LogP contribution in [-0.2, 0) is 0 Å². The van der Waals surface area contributed by atoms with E-state index >= 15 is 0 Å². The van der Waals surface area contributed by atoms with Crippen molar-refractivity contribution >= 4 is 22.5 Å². The third-order valence-corrected chi connectivity index (χ3v) is 7.51. The number of para-hydroxylation sites is 1. The van der Waals surface area contributed by atoms with Gasteiger partial charge in [-0.25, -0.2) is 18.9 Å². The highest BCUT2D eigenvalue weighted by Gasteiger charge is 2.27. The number of nitrogen functional groups attached to an aromatic ring is 1. The molecule has 0 amide bonds. The number of alkyl halides is 2. The number of anilines is 1. The zero-order valence-electron chi connectivity index (χ0n) is 22.9. The van der Waals surface area contributed by atoms with Crippen LogP contribution in [0.4, 0.5) is 23.4 Å². The highest BCUT2D eigenvalue weighted by atomic mass is 19.3. The van der Waals surface area contributed by atoms with Gasteiger partial charge in [-0.1, -0.05) is 6.07 Å². The van der Waals surface area contributed by atoms with Crippen molar-refractivity contribution in [3.8, 4) is 23.1 Å². The zero-order valence-corrected chi connectivity index (χ0v) is 22.9. The lowest BCUT2D eigenvalue weighted by Crippen LogP contribution is -2.37. The van der Waals surface area contributed by atoms with Gasteiger partial charge in [0, 0.05) is 22.5 Å². The molecule has 1 saturated heterocycles. The third kappa shape index (κ3) is 5.50. The summed E-state index contributed by atoms with van der Waals surface area (Å²) in [6.07, 6.45) is 4.38. The van der Waals surface area contributed by atoms with Crippen molar-refractivity contribution in [2.75, 3.05) is 18.8 Å². The van der Waals surface area contributed by atoms with E-state index in [0.29, 0.717) is 27.7 Å². The number of nitrogens with two attached hydrogens (primary N) is 1. The van der Waals surface area contributed by atoms with Crippen LogP contribution in [-0.4, -0.2) is 40.6 Å². The summed E-state index contributed by atoms with van der Waals surface area (Å²) in [4.78, 5) is 20.8. The smallest absolute Gasteiger partial charge is 0.387 e. The van der Waals surface area contributed by atoms with Gasteiger partial charge < -0.3 is 19.8 Å². The molecule has 0 radical (unpaired) electrons. The Balaban J connectivity index is 1.28. The molecule has 0 atom stereocenters. The Morgan fingerprint density at radius 1 is 1.12 bits per heavy atom. The first-order chi connectivity index (χ1) is 20.7. The highest BCUT2D eigenvalue weighted by Crippen LogP contribution is 2.37. The monoisotopic (exact) mass is 595 g/mol. The van der Waals surface area contributed by atoms with E-state index in [0.717, 1.165) is 38.1 Å². The lowest BCUT2D eigenvalue weighted by Gasteiger charge is -2.25. The Kier molecular flexibility index (Phi) is 7.48. The molecule has 0 spiro atoms. The number of aromatic amines is 2. The number of hydrogen-bond acceptors (Lipinski definition) is 6. The predicted molar refractivity (Wildman–Crippen MR) is 149 cm³/mol. The molecule has 0 aliphatic carbocycles. The van der Waals surface area contributed by atoms with Gasteiger partial charge in [-0.15, -0.1) is 4.68 Å². The van der Waals surface area contributed by atoms with Crippen LogP contribution < -0.4 is 25.2 Å². The molecule has 0 saturated carbocycles. The molecule has 3 aromatic heterocycles. The molecular formula is C30H27F4N6O3+. The number of H-pyrrole nitrogens is 2. The summed E-state index contributed by atoms with van der Waals surface area (Å²) in [6.45, 7) is 0.278. The number of nitrogens with one attached hydrogen (secondary N) is 3. The summed E-state index contributed by atoms with van der Waals surface area (Å²) in [5.74, 6) is -2.55. The van der Waals surface area contributed by atoms with Crippen LogP contribution in [0.15, 0.2) is 54.9 Å². The normalized spacial score (nSPS) is 14.0. The van der Waals surface area contributed by atoms with Crippen LogP contribution in [0, 0.1) is 18.6 Å². The van der Waals surface area contributed by atoms with Crippen molar-refractivity contribution in [3.63, 3.8) is 0 Å². The summed E-state index contributed by atoms with van der Waals surface area (Å²) in [6, 6.07) is 9.72. The first-order valence-corrected chi connectivity index (χ1v) is 13.5. The van der Waals surface area contributed by atoms with Gasteiger partial charge in [0.2, 0.25) is 17.4 Å². The molecule has 222 valence electrons. The van der Waals surface area contributed by atoms with E-state index in [1.165, 1.54) is 35.3 Å². The minimum absolute atomic E-state index is 0.0376. The number of pyridine rings is 1. The van der Waals surface area contributed by atoms with Gasteiger partial charge >= 0.3 is 12.4 Å². The third-order valence-electron chi connectivity index (χ3n) is 7.51. The first kappa shape index (κ1) is 28.2. The van der Waals surface area contributed by atoms with Gasteiger partial charge in [0.1, 0.15) is 11.3 Å². The number of rotatable bonds is 8. The van der Waals surface area contributed by atoms with Crippen molar-refractivity contribution < 1.29 is 36.5 Å². The van der Waals surface area contributed by atoms with Crippen LogP contribution in [0.2, 0.25) is 0 Å². The fourth-order valence-corrected chi connectivity index (χ4v) is 5.37. The van der Waals surface area contributed by atoms with Crippen LogP contribution >= 0.6 is 0 Å². The number of benzene rings is 2. The maximum Gasteiger partial charge on any atom is 0.387 e. The van der Waals surface area contributed by atoms with E-state index in [1.807, 2.05) is 0 Å². The average Bonchev–Trinajstić information content (AvgIpc) is 3.57. The summed E-state index contributed by atoms with van der Waals surface area (Å²) in [5.41, 5.74) is 9.07. The molecule has 13 heteroatoms. The van der Waals surface area contributed by atoms with Crippen LogP contribution in [0.5, 0.6) is 17.4 Å². The predicted octanol–water partition coefficient (Wildman–Crippen LogP) is 5.43. The number of carbonyl (C=O) groups excluding carboxylic acids is 1. The Hall–Kier alpha value is -4.91. The Labute approximate surface area is 242 Å². The van der Waals surface area contributed by atoms with Crippen molar-refractivity contribution in [1.82, 2.24) is 20.4 Å². The largest absolute Gasteiger partial charge is 0.435 e. The Morgan fingerprint density at radius 3 is 2.56 bits per heavy atom. The van der Waals surface area contributed by atoms with Crippen molar-refractivity contribution in [3.05, 3.63) is 88.9 Å². The van der Waals surface area contributed by atoms with Gasteiger partial charge in [0.15, 0.2) is 17.3 Å². The Bertz CT molecular complexity index is 1810. The minimum Gasteiger partial charge on any atom is -0.435 e. The van der Waals surface area contributed by atoms with E-state index in [-0.39, 0.29) is 34.6 Å². The second kappa shape index (κ2) is 11.4. The summed E-state index contributed by atoms with van der Waals surface area (Å²) in [5, 5.41) is 6.74. The molecule has 1 aliphatic heterocycles. The second-order valence-electron chi connectivity index (χ2n) is 10.3. The van der Waals surface area contributed by atoms with E-state index < -0.39 is 29.8 Å². The van der Waals surface area contributed by atoms with Crippen LogP contribution in [0.3, 0.4) is 0 Å². The number of fused-ring (bicyclic) bond motifs is 1. The summed E-state index contributed by atoms with van der Waals surface area (Å²) < 4.78 is 66.1. The molecule has 5 aromatic rings. The molecule has 2 aromatic carbocycles. The van der Waals surface area contributed by atoms with Gasteiger partial charge in [0.25, 0.3) is 0 Å². The van der Waals surface area contributed by atoms with Crippen LogP contribution in [0.1, 0.15) is 45.9 Å². The molecule has 5 N–H and O–H groups in total. The van der Waals surface area contributed by atoms with Crippen molar-refractivity contribution in [1.29, 1.82) is 0 Å². The maximum absolute atomic E-state index is 14.0.